The lowest BCUT2D eigenvalue weighted by Gasteiger charge is -2.14. The molecule has 134 valence electrons. The predicted molar refractivity (Wildman–Crippen MR) is 99.6 cm³/mol. The summed E-state index contributed by atoms with van der Waals surface area (Å²) in [6.45, 7) is 0.435. The lowest BCUT2D eigenvalue weighted by atomic mass is 10.2. The van der Waals surface area contributed by atoms with Crippen LogP contribution < -0.4 is 9.47 Å². The van der Waals surface area contributed by atoms with Gasteiger partial charge in [-0.2, -0.15) is 0 Å². The Bertz CT molecular complexity index is 734. The van der Waals surface area contributed by atoms with Gasteiger partial charge in [0.1, 0.15) is 5.75 Å². The summed E-state index contributed by atoms with van der Waals surface area (Å²) in [6.07, 6.45) is 2.30. The fourth-order valence-electron chi connectivity index (χ4n) is 2.09. The zero-order valence-corrected chi connectivity index (χ0v) is 15.6. The average Bonchev–Trinajstić information content (AvgIpc) is 2.55. The molecule has 25 heavy (non-hydrogen) atoms. The maximum atomic E-state index is 10.5. The Labute approximate surface area is 161 Å². The third-order valence-corrected chi connectivity index (χ3v) is 4.08. The van der Waals surface area contributed by atoms with Gasteiger partial charge in [-0.25, -0.2) is 0 Å². The standard InChI is InChI=1S/C18H17Cl3O4/c19-12-5-7-15(14(21)10-12)25-16-8-6-13(20)11-17(16)24-9-3-1-2-4-18(22)23/h5-8,10-11H,1-4,9H2,(H,22,23). The SMILES string of the molecule is O=C(O)CCCCCOc1cc(Cl)ccc1Oc1ccc(Cl)cc1Cl. The van der Waals surface area contributed by atoms with Crippen LogP contribution in [0.15, 0.2) is 36.4 Å². The molecular formula is C18H17Cl3O4. The Morgan fingerprint density at radius 3 is 2.24 bits per heavy atom. The fraction of sp³-hybridized carbons (Fsp3) is 0.278. The van der Waals surface area contributed by atoms with E-state index in [0.717, 1.165) is 12.8 Å². The highest BCUT2D eigenvalue weighted by molar-refractivity contribution is 6.35. The summed E-state index contributed by atoms with van der Waals surface area (Å²) < 4.78 is 11.5. The molecule has 0 aliphatic heterocycles. The molecule has 2 aromatic rings. The minimum absolute atomic E-state index is 0.167. The Morgan fingerprint density at radius 2 is 1.56 bits per heavy atom. The van der Waals surface area contributed by atoms with Crippen LogP contribution in [-0.4, -0.2) is 17.7 Å². The van der Waals surface area contributed by atoms with Crippen LogP contribution in [0.5, 0.6) is 17.2 Å². The zero-order valence-electron chi connectivity index (χ0n) is 13.3. The molecule has 1 N–H and O–H groups in total. The minimum atomic E-state index is -0.786. The van der Waals surface area contributed by atoms with Crippen molar-refractivity contribution < 1.29 is 19.4 Å². The molecule has 0 heterocycles. The maximum absolute atomic E-state index is 10.5. The first-order valence-electron chi connectivity index (χ1n) is 7.73. The largest absolute Gasteiger partial charge is 0.490 e. The predicted octanol–water partition coefficient (Wildman–Crippen LogP) is 6.46. The second-order valence-electron chi connectivity index (χ2n) is 5.32. The first-order chi connectivity index (χ1) is 12.0. The zero-order chi connectivity index (χ0) is 18.2. The highest BCUT2D eigenvalue weighted by Gasteiger charge is 2.10. The summed E-state index contributed by atoms with van der Waals surface area (Å²) in [5.41, 5.74) is 0. The van der Waals surface area contributed by atoms with Gasteiger partial charge in [-0.1, -0.05) is 34.8 Å². The van der Waals surface area contributed by atoms with Crippen molar-refractivity contribution in [2.24, 2.45) is 0 Å². The van der Waals surface area contributed by atoms with Gasteiger partial charge in [-0.15, -0.1) is 0 Å². The van der Waals surface area contributed by atoms with E-state index in [4.69, 9.17) is 49.4 Å². The Balaban J connectivity index is 1.98. The second kappa shape index (κ2) is 9.76. The number of halogens is 3. The quantitative estimate of drug-likeness (QED) is 0.488. The van der Waals surface area contributed by atoms with Crippen molar-refractivity contribution in [3.63, 3.8) is 0 Å². The third kappa shape index (κ3) is 6.65. The molecule has 0 bridgehead atoms. The second-order valence-corrected chi connectivity index (χ2v) is 6.60. The molecule has 0 aromatic heterocycles. The molecule has 4 nitrogen and oxygen atoms in total. The maximum Gasteiger partial charge on any atom is 0.303 e. The van der Waals surface area contributed by atoms with Gasteiger partial charge in [0, 0.05) is 22.5 Å². The number of rotatable bonds is 9. The summed E-state index contributed by atoms with van der Waals surface area (Å²) in [6, 6.07) is 10.0. The van der Waals surface area contributed by atoms with E-state index >= 15 is 0 Å². The molecule has 7 heteroatoms. The van der Waals surface area contributed by atoms with E-state index in [0.29, 0.717) is 45.3 Å². The molecule has 0 aliphatic carbocycles. The van der Waals surface area contributed by atoms with Crippen LogP contribution in [0.4, 0.5) is 0 Å². The van der Waals surface area contributed by atoms with E-state index in [-0.39, 0.29) is 6.42 Å². The summed E-state index contributed by atoms with van der Waals surface area (Å²) in [5.74, 6) is 0.655. The number of carboxylic acids is 1. The lowest BCUT2D eigenvalue weighted by Crippen LogP contribution is -2.00. The highest BCUT2D eigenvalue weighted by Crippen LogP contribution is 2.37. The molecule has 0 unspecified atom stereocenters. The number of hydrogen-bond acceptors (Lipinski definition) is 3. The molecule has 0 spiro atoms. The molecular weight excluding hydrogens is 387 g/mol. The summed E-state index contributed by atoms with van der Waals surface area (Å²) in [5, 5.41) is 10.0. The lowest BCUT2D eigenvalue weighted by molar-refractivity contribution is -0.137. The van der Waals surface area contributed by atoms with Crippen molar-refractivity contribution in [2.75, 3.05) is 6.61 Å². The first-order valence-corrected chi connectivity index (χ1v) is 8.86. The Morgan fingerprint density at radius 1 is 0.880 bits per heavy atom. The number of benzene rings is 2. The van der Waals surface area contributed by atoms with Crippen molar-refractivity contribution in [3.8, 4) is 17.2 Å². The molecule has 0 saturated heterocycles. The van der Waals surface area contributed by atoms with Crippen LogP contribution in [0, 0.1) is 0 Å². The van der Waals surface area contributed by atoms with Gasteiger partial charge in [-0.05, 0) is 49.6 Å². The van der Waals surface area contributed by atoms with E-state index in [9.17, 15) is 4.79 Å². The molecule has 0 radical (unpaired) electrons. The molecule has 0 saturated carbocycles. The van der Waals surface area contributed by atoms with E-state index in [1.165, 1.54) is 0 Å². The highest BCUT2D eigenvalue weighted by atomic mass is 35.5. The number of carboxylic acid groups (broad SMARTS) is 1. The van der Waals surface area contributed by atoms with Crippen LogP contribution >= 0.6 is 34.8 Å². The summed E-state index contributed by atoms with van der Waals surface area (Å²) in [7, 11) is 0. The Hall–Kier alpha value is -1.62. The monoisotopic (exact) mass is 402 g/mol. The topological polar surface area (TPSA) is 55.8 Å². The van der Waals surface area contributed by atoms with Gasteiger partial charge in [0.2, 0.25) is 0 Å². The van der Waals surface area contributed by atoms with Gasteiger partial charge in [-0.3, -0.25) is 4.79 Å². The molecule has 0 amide bonds. The van der Waals surface area contributed by atoms with Crippen molar-refractivity contribution in [1.29, 1.82) is 0 Å². The summed E-state index contributed by atoms with van der Waals surface area (Å²) in [4.78, 5) is 10.5. The van der Waals surface area contributed by atoms with Crippen molar-refractivity contribution in [3.05, 3.63) is 51.5 Å². The average molecular weight is 404 g/mol. The minimum Gasteiger partial charge on any atom is -0.490 e. The van der Waals surface area contributed by atoms with Crippen LogP contribution in [-0.2, 0) is 4.79 Å². The number of hydrogen-bond donors (Lipinski definition) is 1. The van der Waals surface area contributed by atoms with Gasteiger partial charge >= 0.3 is 5.97 Å². The van der Waals surface area contributed by atoms with Crippen molar-refractivity contribution in [2.45, 2.75) is 25.7 Å². The van der Waals surface area contributed by atoms with E-state index in [2.05, 4.69) is 0 Å². The Kier molecular flexibility index (Phi) is 7.69. The number of unbranched alkanes of at least 4 members (excludes halogenated alkanes) is 2. The van der Waals surface area contributed by atoms with Gasteiger partial charge in [0.25, 0.3) is 0 Å². The van der Waals surface area contributed by atoms with E-state index in [1.807, 2.05) is 0 Å². The van der Waals surface area contributed by atoms with Crippen LogP contribution in [0.3, 0.4) is 0 Å². The number of aliphatic carboxylic acids is 1. The van der Waals surface area contributed by atoms with E-state index in [1.54, 1.807) is 36.4 Å². The summed E-state index contributed by atoms with van der Waals surface area (Å²) >= 11 is 18.0. The first kappa shape index (κ1) is 19.7. The fourth-order valence-corrected chi connectivity index (χ4v) is 2.70. The number of ether oxygens (including phenoxy) is 2. The van der Waals surface area contributed by atoms with Gasteiger partial charge in [0.05, 0.1) is 11.6 Å². The van der Waals surface area contributed by atoms with Crippen LogP contribution in [0.2, 0.25) is 15.1 Å². The molecule has 0 aliphatic rings. The third-order valence-electron chi connectivity index (χ3n) is 3.31. The molecule has 2 rings (SSSR count). The molecule has 0 fully saturated rings. The van der Waals surface area contributed by atoms with Crippen LogP contribution in [0.25, 0.3) is 0 Å². The van der Waals surface area contributed by atoms with Crippen LogP contribution in [0.1, 0.15) is 25.7 Å². The molecule has 0 atom stereocenters. The molecule has 2 aromatic carbocycles. The van der Waals surface area contributed by atoms with Gasteiger partial charge in [0.15, 0.2) is 11.5 Å². The normalized spacial score (nSPS) is 10.5. The van der Waals surface area contributed by atoms with Crippen molar-refractivity contribution in [1.82, 2.24) is 0 Å². The van der Waals surface area contributed by atoms with Gasteiger partial charge < -0.3 is 14.6 Å². The van der Waals surface area contributed by atoms with Crippen molar-refractivity contribution >= 4 is 40.8 Å². The van der Waals surface area contributed by atoms with E-state index < -0.39 is 5.97 Å². The smallest absolute Gasteiger partial charge is 0.303 e. The number of carbonyl (C=O) groups is 1.